The van der Waals surface area contributed by atoms with Crippen LogP contribution in [-0.4, -0.2) is 25.6 Å². The number of benzene rings is 2. The molecule has 1 amide bonds. The van der Waals surface area contributed by atoms with Crippen LogP contribution in [0.3, 0.4) is 0 Å². The first-order chi connectivity index (χ1) is 9.31. The molecule has 0 saturated carbocycles. The maximum Gasteiger partial charge on any atom is 0.233 e. The van der Waals surface area contributed by atoms with Crippen molar-refractivity contribution in [3.63, 3.8) is 0 Å². The van der Waals surface area contributed by atoms with Crippen molar-refractivity contribution in [3.05, 3.63) is 42.5 Å². The third kappa shape index (κ3) is 3.69. The maximum absolute atomic E-state index is 10.9. The van der Waals surface area contributed by atoms with Gasteiger partial charge in [0.15, 0.2) is 0 Å². The number of carbonyl (C=O) groups is 1. The minimum Gasteiger partial charge on any atom is -0.493 e. The molecule has 19 heavy (non-hydrogen) atoms. The van der Waals surface area contributed by atoms with Gasteiger partial charge in [-0.1, -0.05) is 36.4 Å². The van der Waals surface area contributed by atoms with Gasteiger partial charge in [-0.15, -0.1) is 0 Å². The van der Waals surface area contributed by atoms with Gasteiger partial charge in [0.1, 0.15) is 5.75 Å². The first-order valence-electron chi connectivity index (χ1n) is 6.38. The highest BCUT2D eigenvalue weighted by molar-refractivity contribution is 5.88. The van der Waals surface area contributed by atoms with Crippen LogP contribution in [0.2, 0.25) is 0 Å². The number of amides is 1. The van der Waals surface area contributed by atoms with E-state index in [1.54, 1.807) is 0 Å². The fourth-order valence-corrected chi connectivity index (χ4v) is 1.88. The summed E-state index contributed by atoms with van der Waals surface area (Å²) in [7, 11) is 0. The minimum atomic E-state index is -0.134. The second-order valence-corrected chi connectivity index (χ2v) is 4.23. The second-order valence-electron chi connectivity index (χ2n) is 4.23. The van der Waals surface area contributed by atoms with Gasteiger partial charge in [-0.2, -0.15) is 0 Å². The van der Waals surface area contributed by atoms with Crippen molar-refractivity contribution < 1.29 is 9.53 Å². The van der Waals surface area contributed by atoms with E-state index < -0.39 is 0 Å². The molecule has 2 aromatic rings. The highest BCUT2D eigenvalue weighted by atomic mass is 16.5. The first-order valence-corrected chi connectivity index (χ1v) is 6.38. The highest BCUT2D eigenvalue weighted by Gasteiger charge is 2.01. The average Bonchev–Trinajstić information content (AvgIpc) is 2.46. The molecule has 4 heteroatoms. The van der Waals surface area contributed by atoms with Gasteiger partial charge < -0.3 is 15.8 Å². The van der Waals surface area contributed by atoms with Crippen molar-refractivity contribution in [3.8, 4) is 5.75 Å². The molecule has 0 spiro atoms. The van der Waals surface area contributed by atoms with Gasteiger partial charge in [-0.25, -0.2) is 0 Å². The number of hydrogen-bond donors (Lipinski definition) is 2. The molecule has 2 aromatic carbocycles. The molecule has 0 heterocycles. The van der Waals surface area contributed by atoms with Gasteiger partial charge >= 0.3 is 0 Å². The van der Waals surface area contributed by atoms with Crippen LogP contribution in [0.25, 0.3) is 10.8 Å². The topological polar surface area (TPSA) is 64.4 Å². The fraction of sp³-hybridized carbons (Fsp3) is 0.267. The summed E-state index contributed by atoms with van der Waals surface area (Å²) < 4.78 is 5.75. The molecular weight excluding hydrogens is 240 g/mol. The summed E-state index contributed by atoms with van der Waals surface area (Å²) in [5, 5.41) is 4.98. The summed E-state index contributed by atoms with van der Waals surface area (Å²) in [6.07, 6.45) is 0.759. The zero-order valence-electron chi connectivity index (χ0n) is 10.8. The van der Waals surface area contributed by atoms with E-state index in [1.807, 2.05) is 30.3 Å². The summed E-state index contributed by atoms with van der Waals surface area (Å²) in [4.78, 5) is 10.9. The molecule has 0 aromatic heterocycles. The molecule has 0 aliphatic rings. The lowest BCUT2D eigenvalue weighted by atomic mass is 10.1. The van der Waals surface area contributed by atoms with E-state index in [-0.39, 0.29) is 12.5 Å². The fourth-order valence-electron chi connectivity index (χ4n) is 1.88. The van der Waals surface area contributed by atoms with E-state index in [0.29, 0.717) is 13.2 Å². The van der Waals surface area contributed by atoms with Crippen LogP contribution in [0.5, 0.6) is 5.75 Å². The zero-order valence-corrected chi connectivity index (χ0v) is 10.8. The SMILES string of the molecule is NCC(=O)NCCCOc1cccc2ccccc12. The van der Waals surface area contributed by atoms with Crippen LogP contribution in [-0.2, 0) is 4.79 Å². The normalized spacial score (nSPS) is 10.4. The van der Waals surface area contributed by atoms with Crippen molar-refractivity contribution in [1.82, 2.24) is 5.32 Å². The van der Waals surface area contributed by atoms with E-state index in [4.69, 9.17) is 10.5 Å². The molecule has 0 unspecified atom stereocenters. The average molecular weight is 258 g/mol. The van der Waals surface area contributed by atoms with Crippen molar-refractivity contribution in [2.75, 3.05) is 19.7 Å². The van der Waals surface area contributed by atoms with Crippen LogP contribution in [0.1, 0.15) is 6.42 Å². The van der Waals surface area contributed by atoms with Gasteiger partial charge in [0.05, 0.1) is 13.2 Å². The van der Waals surface area contributed by atoms with Crippen molar-refractivity contribution in [1.29, 1.82) is 0 Å². The first kappa shape index (κ1) is 13.4. The third-order valence-electron chi connectivity index (χ3n) is 2.84. The summed E-state index contributed by atoms with van der Waals surface area (Å²) in [5.41, 5.74) is 5.20. The molecule has 0 aliphatic heterocycles. The Morgan fingerprint density at radius 3 is 2.79 bits per heavy atom. The van der Waals surface area contributed by atoms with Crippen molar-refractivity contribution >= 4 is 16.7 Å². The van der Waals surface area contributed by atoms with Crippen LogP contribution < -0.4 is 15.8 Å². The Bertz CT molecular complexity index is 549. The van der Waals surface area contributed by atoms with E-state index in [1.165, 1.54) is 0 Å². The van der Waals surface area contributed by atoms with Crippen LogP contribution in [0.15, 0.2) is 42.5 Å². The molecular formula is C15H18N2O2. The van der Waals surface area contributed by atoms with E-state index in [9.17, 15) is 4.79 Å². The van der Waals surface area contributed by atoms with Gasteiger partial charge in [0, 0.05) is 11.9 Å². The Kier molecular flexibility index (Phi) is 4.75. The maximum atomic E-state index is 10.9. The predicted molar refractivity (Wildman–Crippen MR) is 76.1 cm³/mol. The standard InChI is InChI=1S/C15H18N2O2/c16-11-15(18)17-9-4-10-19-14-8-3-6-12-5-1-2-7-13(12)14/h1-3,5-8H,4,9-11,16H2,(H,17,18). The van der Waals surface area contributed by atoms with Gasteiger partial charge in [-0.3, -0.25) is 4.79 Å². The number of fused-ring (bicyclic) bond motifs is 1. The lowest BCUT2D eigenvalue weighted by Gasteiger charge is -2.09. The van der Waals surface area contributed by atoms with Crippen molar-refractivity contribution in [2.24, 2.45) is 5.73 Å². The molecule has 0 aliphatic carbocycles. The van der Waals surface area contributed by atoms with Crippen LogP contribution >= 0.6 is 0 Å². The van der Waals surface area contributed by atoms with E-state index in [0.717, 1.165) is 22.9 Å². The number of hydrogen-bond acceptors (Lipinski definition) is 3. The minimum absolute atomic E-state index is 0.0319. The van der Waals surface area contributed by atoms with Crippen LogP contribution in [0, 0.1) is 0 Å². The third-order valence-corrected chi connectivity index (χ3v) is 2.84. The quantitative estimate of drug-likeness (QED) is 0.775. The lowest BCUT2D eigenvalue weighted by molar-refractivity contribution is -0.119. The number of ether oxygens (including phenoxy) is 1. The zero-order chi connectivity index (χ0) is 13.5. The second kappa shape index (κ2) is 6.75. The molecule has 2 rings (SSSR count). The number of nitrogens with two attached hydrogens (primary N) is 1. The Morgan fingerprint density at radius 2 is 1.95 bits per heavy atom. The molecule has 4 nitrogen and oxygen atoms in total. The van der Waals surface area contributed by atoms with Crippen LogP contribution in [0.4, 0.5) is 0 Å². The Balaban J connectivity index is 1.86. The number of carbonyl (C=O) groups excluding carboxylic acids is 1. The van der Waals surface area contributed by atoms with Crippen molar-refractivity contribution in [2.45, 2.75) is 6.42 Å². The Labute approximate surface area is 112 Å². The summed E-state index contributed by atoms with van der Waals surface area (Å²) >= 11 is 0. The Morgan fingerprint density at radius 1 is 1.16 bits per heavy atom. The summed E-state index contributed by atoms with van der Waals surface area (Å²) in [5.74, 6) is 0.744. The van der Waals surface area contributed by atoms with Gasteiger partial charge in [0.25, 0.3) is 0 Å². The van der Waals surface area contributed by atoms with E-state index in [2.05, 4.69) is 17.4 Å². The largest absolute Gasteiger partial charge is 0.493 e. The number of rotatable bonds is 6. The summed E-state index contributed by atoms with van der Waals surface area (Å²) in [6.45, 7) is 1.18. The number of nitrogens with one attached hydrogen (secondary N) is 1. The molecule has 0 atom stereocenters. The molecule has 3 N–H and O–H groups in total. The highest BCUT2D eigenvalue weighted by Crippen LogP contribution is 2.24. The van der Waals surface area contributed by atoms with E-state index >= 15 is 0 Å². The smallest absolute Gasteiger partial charge is 0.233 e. The van der Waals surface area contributed by atoms with Gasteiger partial charge in [0.2, 0.25) is 5.91 Å². The monoisotopic (exact) mass is 258 g/mol. The predicted octanol–water partition coefficient (Wildman–Crippen LogP) is 1.68. The summed E-state index contributed by atoms with van der Waals surface area (Å²) in [6, 6.07) is 14.1. The molecule has 100 valence electrons. The Hall–Kier alpha value is -2.07. The van der Waals surface area contributed by atoms with Gasteiger partial charge in [-0.05, 0) is 17.9 Å². The molecule has 0 fully saturated rings. The molecule has 0 saturated heterocycles. The lowest BCUT2D eigenvalue weighted by Crippen LogP contribution is -2.31. The molecule has 0 radical (unpaired) electrons. The molecule has 0 bridgehead atoms.